The molecule has 0 bridgehead atoms. The van der Waals surface area contributed by atoms with E-state index >= 15 is 0 Å². The molecule has 0 atom stereocenters. The van der Waals surface area contributed by atoms with Crippen LogP contribution in [-0.4, -0.2) is 12.9 Å². The predicted molar refractivity (Wildman–Crippen MR) is 57.1 cm³/mol. The van der Waals surface area contributed by atoms with Crippen LogP contribution in [-0.2, 0) is 0 Å². The van der Waals surface area contributed by atoms with E-state index in [1.54, 1.807) is 13.8 Å². The molecule has 0 heterocycles. The smallest absolute Gasteiger partial charge is 0.175 e. The van der Waals surface area contributed by atoms with E-state index in [-0.39, 0.29) is 28.0 Å². The van der Waals surface area contributed by atoms with Gasteiger partial charge in [0.2, 0.25) is 0 Å². The predicted octanol–water partition coefficient (Wildman–Crippen LogP) is 3.33. The number of ketones is 1. The van der Waals surface area contributed by atoms with Gasteiger partial charge in [-0.05, 0) is 6.07 Å². The Balaban J connectivity index is 3.29. The Morgan fingerprint density at radius 2 is 2.07 bits per heavy atom. The van der Waals surface area contributed by atoms with Gasteiger partial charge in [0, 0.05) is 17.0 Å². The maximum atomic E-state index is 13.7. The van der Waals surface area contributed by atoms with Crippen molar-refractivity contribution in [3.63, 3.8) is 0 Å². The summed E-state index contributed by atoms with van der Waals surface area (Å²) in [4.78, 5) is 11.6. The van der Waals surface area contributed by atoms with Crippen molar-refractivity contribution in [2.75, 3.05) is 7.11 Å². The molecule has 1 aromatic rings. The van der Waals surface area contributed by atoms with Crippen LogP contribution in [0.2, 0.25) is 5.02 Å². The molecule has 0 aliphatic carbocycles. The molecule has 0 spiro atoms. The maximum Gasteiger partial charge on any atom is 0.175 e. The van der Waals surface area contributed by atoms with E-state index in [0.717, 1.165) is 0 Å². The Kier molecular flexibility index (Phi) is 3.69. The molecule has 0 aromatic heterocycles. The molecule has 0 unspecified atom stereocenters. The first kappa shape index (κ1) is 12.0. The van der Waals surface area contributed by atoms with Gasteiger partial charge in [-0.2, -0.15) is 0 Å². The summed E-state index contributed by atoms with van der Waals surface area (Å²) in [6, 6.07) is 2.66. The number of carbonyl (C=O) groups excluding carboxylic acids is 1. The van der Waals surface area contributed by atoms with Crippen LogP contribution in [0.3, 0.4) is 0 Å². The number of Topliss-reactive ketones (excluding diaryl/α,β-unsaturated/α-hetero) is 1. The molecule has 1 aromatic carbocycles. The summed E-state index contributed by atoms with van der Waals surface area (Å²) >= 11 is 5.75. The summed E-state index contributed by atoms with van der Waals surface area (Å²) in [6.07, 6.45) is 0. The second kappa shape index (κ2) is 4.62. The zero-order valence-electron chi connectivity index (χ0n) is 8.80. The van der Waals surface area contributed by atoms with Gasteiger partial charge in [0.1, 0.15) is 0 Å². The lowest BCUT2D eigenvalue weighted by atomic mass is 10.0. The molecule has 0 N–H and O–H groups in total. The van der Waals surface area contributed by atoms with Crippen molar-refractivity contribution in [1.82, 2.24) is 0 Å². The number of carbonyl (C=O) groups is 1. The highest BCUT2D eigenvalue weighted by atomic mass is 35.5. The zero-order valence-corrected chi connectivity index (χ0v) is 9.56. The minimum absolute atomic E-state index is 0.00787. The van der Waals surface area contributed by atoms with Crippen molar-refractivity contribution in [2.24, 2.45) is 5.92 Å². The Hall–Kier alpha value is -1.09. The van der Waals surface area contributed by atoms with Crippen molar-refractivity contribution in [2.45, 2.75) is 13.8 Å². The van der Waals surface area contributed by atoms with Crippen LogP contribution in [0.25, 0.3) is 0 Å². The molecule has 0 saturated carbocycles. The number of hydrogen-bond acceptors (Lipinski definition) is 2. The molecule has 0 fully saturated rings. The number of hydrogen-bond donors (Lipinski definition) is 0. The Labute approximate surface area is 93.0 Å². The SMILES string of the molecule is COc1cc(Cl)cc(C(=O)C(C)C)c1F. The van der Waals surface area contributed by atoms with Crippen molar-refractivity contribution in [3.05, 3.63) is 28.5 Å². The van der Waals surface area contributed by atoms with Gasteiger partial charge in [0.15, 0.2) is 17.3 Å². The van der Waals surface area contributed by atoms with Gasteiger partial charge in [0.05, 0.1) is 12.7 Å². The number of benzene rings is 1. The number of halogens is 2. The Bertz CT molecular complexity index is 388. The van der Waals surface area contributed by atoms with Crippen LogP contribution in [0.15, 0.2) is 12.1 Å². The van der Waals surface area contributed by atoms with Gasteiger partial charge in [-0.3, -0.25) is 4.79 Å². The van der Waals surface area contributed by atoms with E-state index in [1.165, 1.54) is 19.2 Å². The summed E-state index contributed by atoms with van der Waals surface area (Å²) in [5.41, 5.74) is -0.0191. The van der Waals surface area contributed by atoms with Crippen LogP contribution < -0.4 is 4.74 Å². The first-order valence-electron chi connectivity index (χ1n) is 4.54. The van der Waals surface area contributed by atoms with E-state index in [1.807, 2.05) is 0 Å². The van der Waals surface area contributed by atoms with Crippen molar-refractivity contribution in [1.29, 1.82) is 0 Å². The number of rotatable bonds is 3. The summed E-state index contributed by atoms with van der Waals surface area (Å²) in [6.45, 7) is 3.41. The third kappa shape index (κ3) is 2.48. The second-order valence-corrected chi connectivity index (χ2v) is 3.92. The molecule has 82 valence electrons. The summed E-state index contributed by atoms with van der Waals surface area (Å²) in [7, 11) is 1.33. The third-order valence-corrected chi connectivity index (χ3v) is 2.23. The molecule has 2 nitrogen and oxygen atoms in total. The maximum absolute atomic E-state index is 13.7. The van der Waals surface area contributed by atoms with Crippen LogP contribution in [0.5, 0.6) is 5.75 Å². The Morgan fingerprint density at radius 3 is 2.53 bits per heavy atom. The molecule has 15 heavy (non-hydrogen) atoms. The first-order valence-corrected chi connectivity index (χ1v) is 4.92. The van der Waals surface area contributed by atoms with E-state index in [0.29, 0.717) is 0 Å². The lowest BCUT2D eigenvalue weighted by Gasteiger charge is -2.09. The van der Waals surface area contributed by atoms with E-state index in [9.17, 15) is 9.18 Å². The van der Waals surface area contributed by atoms with Crippen molar-refractivity contribution >= 4 is 17.4 Å². The van der Waals surface area contributed by atoms with Gasteiger partial charge in [-0.25, -0.2) is 4.39 Å². The van der Waals surface area contributed by atoms with Crippen molar-refractivity contribution < 1.29 is 13.9 Å². The van der Waals surface area contributed by atoms with Gasteiger partial charge < -0.3 is 4.74 Å². The largest absolute Gasteiger partial charge is 0.494 e. The molecule has 0 radical (unpaired) electrons. The molecule has 0 aliphatic heterocycles. The van der Waals surface area contributed by atoms with Crippen LogP contribution >= 0.6 is 11.6 Å². The minimum Gasteiger partial charge on any atom is -0.494 e. The molecule has 0 amide bonds. The summed E-state index contributed by atoms with van der Waals surface area (Å²) in [5, 5.41) is 0.289. The average molecular weight is 231 g/mol. The summed E-state index contributed by atoms with van der Waals surface area (Å²) < 4.78 is 18.4. The second-order valence-electron chi connectivity index (χ2n) is 3.49. The fraction of sp³-hybridized carbons (Fsp3) is 0.364. The molecule has 0 saturated heterocycles. The highest BCUT2D eigenvalue weighted by molar-refractivity contribution is 6.31. The number of methoxy groups -OCH3 is 1. The molecular weight excluding hydrogens is 219 g/mol. The van der Waals surface area contributed by atoms with E-state index in [4.69, 9.17) is 16.3 Å². The number of ether oxygens (including phenoxy) is 1. The third-order valence-electron chi connectivity index (χ3n) is 2.01. The zero-order chi connectivity index (χ0) is 11.6. The van der Waals surface area contributed by atoms with Gasteiger partial charge in [-0.1, -0.05) is 25.4 Å². The lowest BCUT2D eigenvalue weighted by molar-refractivity contribution is 0.0934. The molecular formula is C11H12ClFO2. The Morgan fingerprint density at radius 1 is 1.47 bits per heavy atom. The first-order chi connectivity index (χ1) is 6.97. The van der Waals surface area contributed by atoms with Gasteiger partial charge >= 0.3 is 0 Å². The topological polar surface area (TPSA) is 26.3 Å². The fourth-order valence-electron chi connectivity index (χ4n) is 1.20. The van der Waals surface area contributed by atoms with E-state index in [2.05, 4.69) is 0 Å². The minimum atomic E-state index is -0.652. The fourth-order valence-corrected chi connectivity index (χ4v) is 1.41. The monoisotopic (exact) mass is 230 g/mol. The lowest BCUT2D eigenvalue weighted by Crippen LogP contribution is -2.10. The average Bonchev–Trinajstić information content (AvgIpc) is 2.19. The molecule has 4 heteroatoms. The highest BCUT2D eigenvalue weighted by Gasteiger charge is 2.19. The summed E-state index contributed by atoms with van der Waals surface area (Å²) in [5.74, 6) is -1.22. The van der Waals surface area contributed by atoms with Crippen LogP contribution in [0.4, 0.5) is 4.39 Å². The van der Waals surface area contributed by atoms with Crippen LogP contribution in [0.1, 0.15) is 24.2 Å². The van der Waals surface area contributed by atoms with Crippen molar-refractivity contribution in [3.8, 4) is 5.75 Å². The quantitative estimate of drug-likeness (QED) is 0.745. The molecule has 0 aliphatic rings. The van der Waals surface area contributed by atoms with Gasteiger partial charge in [-0.15, -0.1) is 0 Å². The van der Waals surface area contributed by atoms with Gasteiger partial charge in [0.25, 0.3) is 0 Å². The highest BCUT2D eigenvalue weighted by Crippen LogP contribution is 2.27. The van der Waals surface area contributed by atoms with Crippen LogP contribution in [0, 0.1) is 11.7 Å². The molecule has 1 rings (SSSR count). The standard InChI is InChI=1S/C11H12ClFO2/c1-6(2)11(14)8-4-7(12)5-9(15-3)10(8)13/h4-6H,1-3H3. The van der Waals surface area contributed by atoms with E-state index < -0.39 is 5.82 Å². The normalized spacial score (nSPS) is 10.5.